The number of anilines is 1. The highest BCUT2D eigenvalue weighted by Crippen LogP contribution is 2.32. The van der Waals surface area contributed by atoms with Crippen molar-refractivity contribution >= 4 is 44.2 Å². The molecular formula is C23H27N7O2S. The van der Waals surface area contributed by atoms with Crippen molar-refractivity contribution in [3.05, 3.63) is 41.5 Å². The van der Waals surface area contributed by atoms with Crippen LogP contribution in [0.5, 0.6) is 0 Å². The van der Waals surface area contributed by atoms with E-state index in [1.54, 1.807) is 24.6 Å². The Bertz CT molecular complexity index is 1260. The summed E-state index contributed by atoms with van der Waals surface area (Å²) in [4.78, 5) is 34.3. The zero-order valence-corrected chi connectivity index (χ0v) is 19.7. The smallest absolute Gasteiger partial charge is 0.188 e. The molecule has 0 aliphatic carbocycles. The molecule has 10 heteroatoms. The third-order valence-corrected chi connectivity index (χ3v) is 6.91. The standard InChI is InChI=1S/C23H27N7O2S/c1-3-6-17-14-33-23-21(17)22(24-15-25-23)29-11-9-28(10-12-29)20(13-16(2)31)32-30-19-8-5-4-7-18(19)26-27-30/h4-5,7-8,14-15,20H,3,6,9-13H2,1-2H3. The first-order valence-electron chi connectivity index (χ1n) is 11.3. The van der Waals surface area contributed by atoms with E-state index < -0.39 is 6.23 Å². The Hall–Kier alpha value is -3.11. The Morgan fingerprint density at radius 2 is 2.00 bits per heavy atom. The molecule has 1 aliphatic rings. The first-order chi connectivity index (χ1) is 16.1. The van der Waals surface area contributed by atoms with Crippen molar-refractivity contribution in [3.63, 3.8) is 0 Å². The summed E-state index contributed by atoms with van der Waals surface area (Å²) in [6.45, 7) is 6.88. The molecule has 0 saturated carbocycles. The Labute approximate surface area is 195 Å². The molecule has 1 fully saturated rings. The molecule has 0 bridgehead atoms. The number of Topliss-reactive ketones (excluding diaryl/α,β-unsaturated/α-hetero) is 1. The number of rotatable bonds is 8. The van der Waals surface area contributed by atoms with Gasteiger partial charge in [-0.25, -0.2) is 9.97 Å². The highest BCUT2D eigenvalue weighted by molar-refractivity contribution is 7.17. The van der Waals surface area contributed by atoms with Gasteiger partial charge in [-0.3, -0.25) is 9.69 Å². The first-order valence-corrected chi connectivity index (χ1v) is 12.2. The number of hydrogen-bond donors (Lipinski definition) is 0. The minimum absolute atomic E-state index is 0.0758. The number of hydrogen-bond acceptors (Lipinski definition) is 9. The quantitative estimate of drug-likeness (QED) is 0.392. The summed E-state index contributed by atoms with van der Waals surface area (Å²) in [5.74, 6) is 1.09. The van der Waals surface area contributed by atoms with E-state index in [0.29, 0.717) is 0 Å². The van der Waals surface area contributed by atoms with E-state index >= 15 is 0 Å². The van der Waals surface area contributed by atoms with Crippen LogP contribution in [0, 0.1) is 0 Å². The van der Waals surface area contributed by atoms with Crippen LogP contribution in [0.4, 0.5) is 5.82 Å². The average Bonchev–Trinajstić information content (AvgIpc) is 3.43. The molecule has 9 nitrogen and oxygen atoms in total. The molecule has 1 aliphatic heterocycles. The second-order valence-electron chi connectivity index (χ2n) is 8.33. The summed E-state index contributed by atoms with van der Waals surface area (Å²) in [6.07, 6.45) is 3.66. The predicted octanol–water partition coefficient (Wildman–Crippen LogP) is 2.94. The number of aromatic nitrogens is 5. The van der Waals surface area contributed by atoms with Crippen LogP contribution in [0.3, 0.4) is 0 Å². The second kappa shape index (κ2) is 9.40. The molecule has 0 amide bonds. The number of nitrogens with zero attached hydrogens (tertiary/aromatic N) is 7. The second-order valence-corrected chi connectivity index (χ2v) is 9.19. The summed E-state index contributed by atoms with van der Waals surface area (Å²) in [7, 11) is 0. The Morgan fingerprint density at radius 1 is 1.18 bits per heavy atom. The Balaban J connectivity index is 1.34. The van der Waals surface area contributed by atoms with Gasteiger partial charge in [0.1, 0.15) is 33.8 Å². The molecule has 5 rings (SSSR count). The van der Waals surface area contributed by atoms with Gasteiger partial charge in [-0.05, 0) is 41.6 Å². The van der Waals surface area contributed by atoms with Crippen LogP contribution in [-0.2, 0) is 11.2 Å². The number of carbonyl (C=O) groups is 1. The third-order valence-electron chi connectivity index (χ3n) is 5.97. The fourth-order valence-electron chi connectivity index (χ4n) is 4.35. The summed E-state index contributed by atoms with van der Waals surface area (Å²) in [5.41, 5.74) is 2.87. The summed E-state index contributed by atoms with van der Waals surface area (Å²) in [6, 6.07) is 7.63. The SMILES string of the molecule is CCCc1csc2ncnc(N3CCN(C(CC(C)=O)On4nnc5ccccc54)CC3)c12. The van der Waals surface area contributed by atoms with Crippen LogP contribution < -0.4 is 9.74 Å². The van der Waals surface area contributed by atoms with Gasteiger partial charge >= 0.3 is 0 Å². The molecule has 0 spiro atoms. The first kappa shape index (κ1) is 21.7. The van der Waals surface area contributed by atoms with Crippen molar-refractivity contribution in [1.29, 1.82) is 0 Å². The van der Waals surface area contributed by atoms with Gasteiger partial charge in [0.2, 0.25) is 0 Å². The van der Waals surface area contributed by atoms with Crippen LogP contribution in [0.1, 0.15) is 32.3 Å². The van der Waals surface area contributed by atoms with Gasteiger partial charge in [-0.2, -0.15) is 0 Å². The van der Waals surface area contributed by atoms with Gasteiger partial charge in [-0.15, -0.1) is 16.4 Å². The number of aryl methyl sites for hydroxylation is 1. The van der Waals surface area contributed by atoms with Gasteiger partial charge in [0.25, 0.3) is 0 Å². The van der Waals surface area contributed by atoms with Crippen molar-refractivity contribution < 1.29 is 9.63 Å². The minimum atomic E-state index is -0.406. The highest BCUT2D eigenvalue weighted by Gasteiger charge is 2.29. The lowest BCUT2D eigenvalue weighted by atomic mass is 10.1. The van der Waals surface area contributed by atoms with Gasteiger partial charge in [0, 0.05) is 26.2 Å². The number of piperazine rings is 1. The summed E-state index contributed by atoms with van der Waals surface area (Å²) >= 11 is 1.69. The molecule has 1 atom stereocenters. The fourth-order valence-corrected chi connectivity index (χ4v) is 5.29. The molecular weight excluding hydrogens is 438 g/mol. The normalized spacial score (nSPS) is 15.9. The Morgan fingerprint density at radius 3 is 2.79 bits per heavy atom. The number of carbonyl (C=O) groups excluding carboxylic acids is 1. The van der Waals surface area contributed by atoms with Gasteiger partial charge in [0.05, 0.1) is 11.8 Å². The minimum Gasteiger partial charge on any atom is -0.375 e. The maximum absolute atomic E-state index is 12.0. The largest absolute Gasteiger partial charge is 0.375 e. The topological polar surface area (TPSA) is 89.3 Å². The summed E-state index contributed by atoms with van der Waals surface area (Å²) in [5, 5.41) is 11.7. The van der Waals surface area contributed by atoms with E-state index in [-0.39, 0.29) is 12.2 Å². The van der Waals surface area contributed by atoms with Crippen LogP contribution in [0.25, 0.3) is 21.3 Å². The molecule has 1 unspecified atom stereocenters. The maximum Gasteiger partial charge on any atom is 0.188 e. The molecule has 1 aromatic carbocycles. The van der Waals surface area contributed by atoms with E-state index in [9.17, 15) is 4.79 Å². The van der Waals surface area contributed by atoms with E-state index in [4.69, 9.17) is 4.84 Å². The van der Waals surface area contributed by atoms with E-state index in [2.05, 4.69) is 42.4 Å². The van der Waals surface area contributed by atoms with Gasteiger partial charge in [0.15, 0.2) is 6.23 Å². The number of thiophene rings is 1. The van der Waals surface area contributed by atoms with Crippen molar-refractivity contribution in [1.82, 2.24) is 30.0 Å². The maximum atomic E-state index is 12.0. The molecule has 33 heavy (non-hydrogen) atoms. The fraction of sp³-hybridized carbons (Fsp3) is 0.435. The van der Waals surface area contributed by atoms with Crippen molar-refractivity contribution in [2.45, 2.75) is 39.3 Å². The van der Waals surface area contributed by atoms with Crippen molar-refractivity contribution in [3.8, 4) is 0 Å². The molecule has 1 saturated heterocycles. The third kappa shape index (κ3) is 4.40. The Kier molecular flexibility index (Phi) is 6.19. The number of ketones is 1. The lowest BCUT2D eigenvalue weighted by Crippen LogP contribution is -2.54. The van der Waals surface area contributed by atoms with E-state index in [1.165, 1.54) is 15.8 Å². The van der Waals surface area contributed by atoms with Crippen LogP contribution in [0.15, 0.2) is 36.0 Å². The van der Waals surface area contributed by atoms with Crippen molar-refractivity contribution in [2.24, 2.45) is 0 Å². The average molecular weight is 466 g/mol. The van der Waals surface area contributed by atoms with Crippen LogP contribution in [0.2, 0.25) is 0 Å². The molecule has 4 aromatic rings. The van der Waals surface area contributed by atoms with Crippen molar-refractivity contribution in [2.75, 3.05) is 31.1 Å². The van der Waals surface area contributed by atoms with E-state index in [1.807, 2.05) is 24.3 Å². The summed E-state index contributed by atoms with van der Waals surface area (Å²) < 4.78 is 0. The zero-order chi connectivity index (χ0) is 22.8. The lowest BCUT2D eigenvalue weighted by molar-refractivity contribution is -0.128. The zero-order valence-electron chi connectivity index (χ0n) is 18.8. The molecule has 4 heterocycles. The molecule has 3 aromatic heterocycles. The highest BCUT2D eigenvalue weighted by atomic mass is 32.1. The van der Waals surface area contributed by atoms with Gasteiger partial charge < -0.3 is 9.74 Å². The number of benzene rings is 1. The van der Waals surface area contributed by atoms with Crippen LogP contribution >= 0.6 is 11.3 Å². The molecule has 172 valence electrons. The lowest BCUT2D eigenvalue weighted by Gasteiger charge is -2.38. The van der Waals surface area contributed by atoms with E-state index in [0.717, 1.165) is 60.7 Å². The monoisotopic (exact) mass is 465 g/mol. The number of fused-ring (bicyclic) bond motifs is 2. The van der Waals surface area contributed by atoms with Gasteiger partial charge in [-0.1, -0.05) is 30.3 Å². The molecule has 0 radical (unpaired) electrons. The predicted molar refractivity (Wildman–Crippen MR) is 128 cm³/mol. The number of para-hydroxylation sites is 1. The van der Waals surface area contributed by atoms with Crippen LogP contribution in [-0.4, -0.2) is 68.2 Å². The molecule has 0 N–H and O–H groups in total.